The van der Waals surface area contributed by atoms with Gasteiger partial charge in [-0.1, -0.05) is 0 Å². The summed E-state index contributed by atoms with van der Waals surface area (Å²) in [6, 6.07) is 7.03. The standard InChI is InChI=1S/C13H19N3O2/c1-18-11-6-4-10(5-7-11)16-13(17)15-8-12(14)9-2-3-9/h4-7,9,12H,2-3,8,14H2,1H3,(H2,15,16,17). The summed E-state index contributed by atoms with van der Waals surface area (Å²) in [5.41, 5.74) is 6.63. The molecule has 1 fully saturated rings. The quantitative estimate of drug-likeness (QED) is 0.741. The number of anilines is 1. The first-order valence-corrected chi connectivity index (χ1v) is 6.13. The zero-order chi connectivity index (χ0) is 13.0. The maximum absolute atomic E-state index is 11.6. The maximum Gasteiger partial charge on any atom is 0.319 e. The summed E-state index contributed by atoms with van der Waals surface area (Å²) < 4.78 is 5.04. The first kappa shape index (κ1) is 12.7. The third-order valence-corrected chi connectivity index (χ3v) is 3.07. The Hall–Kier alpha value is -1.75. The molecule has 5 heteroatoms. The van der Waals surface area contributed by atoms with Crippen molar-refractivity contribution in [1.82, 2.24) is 5.32 Å². The Morgan fingerprint density at radius 2 is 2.11 bits per heavy atom. The average molecular weight is 249 g/mol. The Morgan fingerprint density at radius 3 is 2.67 bits per heavy atom. The van der Waals surface area contributed by atoms with Gasteiger partial charge in [0.15, 0.2) is 0 Å². The van der Waals surface area contributed by atoms with Crippen LogP contribution in [0.5, 0.6) is 5.75 Å². The Morgan fingerprint density at radius 1 is 1.44 bits per heavy atom. The van der Waals surface area contributed by atoms with Crippen LogP contribution in [0.25, 0.3) is 0 Å². The zero-order valence-corrected chi connectivity index (χ0v) is 10.5. The Labute approximate surface area is 107 Å². The Bertz CT molecular complexity index is 401. The number of carbonyl (C=O) groups is 1. The van der Waals surface area contributed by atoms with Gasteiger partial charge in [0, 0.05) is 18.3 Å². The number of rotatable bonds is 5. The van der Waals surface area contributed by atoms with Gasteiger partial charge in [0.25, 0.3) is 0 Å². The predicted molar refractivity (Wildman–Crippen MR) is 70.7 cm³/mol. The number of urea groups is 1. The first-order valence-electron chi connectivity index (χ1n) is 6.13. The molecule has 4 N–H and O–H groups in total. The topological polar surface area (TPSA) is 76.4 Å². The molecule has 98 valence electrons. The number of benzene rings is 1. The molecule has 0 heterocycles. The van der Waals surface area contributed by atoms with E-state index in [4.69, 9.17) is 10.5 Å². The average Bonchev–Trinajstić information content (AvgIpc) is 3.21. The van der Waals surface area contributed by atoms with Crippen LogP contribution in [-0.4, -0.2) is 25.7 Å². The highest BCUT2D eigenvalue weighted by Crippen LogP contribution is 2.31. The SMILES string of the molecule is COc1ccc(NC(=O)NCC(N)C2CC2)cc1. The van der Waals surface area contributed by atoms with Crippen molar-refractivity contribution in [3.05, 3.63) is 24.3 Å². The third-order valence-electron chi connectivity index (χ3n) is 3.07. The lowest BCUT2D eigenvalue weighted by molar-refractivity contribution is 0.251. The number of amides is 2. The van der Waals surface area contributed by atoms with Crippen molar-refractivity contribution in [2.45, 2.75) is 18.9 Å². The van der Waals surface area contributed by atoms with Crippen LogP contribution in [-0.2, 0) is 0 Å². The fourth-order valence-electron chi connectivity index (χ4n) is 1.75. The summed E-state index contributed by atoms with van der Waals surface area (Å²) in [6.45, 7) is 0.520. The number of nitrogens with two attached hydrogens (primary N) is 1. The minimum atomic E-state index is -0.226. The monoisotopic (exact) mass is 249 g/mol. The molecule has 1 aliphatic carbocycles. The van der Waals surface area contributed by atoms with Crippen molar-refractivity contribution in [2.75, 3.05) is 19.0 Å². The molecule has 0 spiro atoms. The smallest absolute Gasteiger partial charge is 0.319 e. The molecule has 0 saturated heterocycles. The van der Waals surface area contributed by atoms with Gasteiger partial charge in [-0.15, -0.1) is 0 Å². The molecule has 18 heavy (non-hydrogen) atoms. The van der Waals surface area contributed by atoms with Crippen molar-refractivity contribution < 1.29 is 9.53 Å². The van der Waals surface area contributed by atoms with Crippen molar-refractivity contribution in [2.24, 2.45) is 11.7 Å². The largest absolute Gasteiger partial charge is 0.497 e. The van der Waals surface area contributed by atoms with Gasteiger partial charge in [-0.3, -0.25) is 0 Å². The van der Waals surface area contributed by atoms with E-state index in [1.165, 1.54) is 12.8 Å². The number of nitrogens with one attached hydrogen (secondary N) is 2. The molecule has 0 aliphatic heterocycles. The van der Waals surface area contributed by atoms with Crippen LogP contribution in [0.3, 0.4) is 0 Å². The van der Waals surface area contributed by atoms with Gasteiger partial charge in [0.05, 0.1) is 7.11 Å². The Kier molecular flexibility index (Phi) is 4.04. The van der Waals surface area contributed by atoms with E-state index in [0.29, 0.717) is 12.5 Å². The van der Waals surface area contributed by atoms with Crippen molar-refractivity contribution in [3.63, 3.8) is 0 Å². The molecule has 1 aliphatic rings. The minimum Gasteiger partial charge on any atom is -0.497 e. The summed E-state index contributed by atoms with van der Waals surface area (Å²) in [7, 11) is 1.61. The number of hydrogen-bond acceptors (Lipinski definition) is 3. The highest BCUT2D eigenvalue weighted by molar-refractivity contribution is 5.89. The van der Waals surface area contributed by atoms with E-state index in [-0.39, 0.29) is 12.1 Å². The molecular weight excluding hydrogens is 230 g/mol. The van der Waals surface area contributed by atoms with Gasteiger partial charge in [-0.2, -0.15) is 0 Å². The van der Waals surface area contributed by atoms with E-state index >= 15 is 0 Å². The van der Waals surface area contributed by atoms with Crippen LogP contribution >= 0.6 is 0 Å². The molecule has 1 saturated carbocycles. The normalized spacial score (nSPS) is 15.9. The lowest BCUT2D eigenvalue weighted by atomic mass is 10.2. The van der Waals surface area contributed by atoms with E-state index in [2.05, 4.69) is 10.6 Å². The Balaban J connectivity index is 1.75. The lowest BCUT2D eigenvalue weighted by Gasteiger charge is -2.12. The molecule has 2 amide bonds. The van der Waals surface area contributed by atoms with Crippen LogP contribution in [0, 0.1) is 5.92 Å². The third kappa shape index (κ3) is 3.63. The molecule has 0 bridgehead atoms. The van der Waals surface area contributed by atoms with Crippen LogP contribution in [0.4, 0.5) is 10.5 Å². The molecule has 5 nitrogen and oxygen atoms in total. The number of ether oxygens (including phenoxy) is 1. The second-order valence-corrected chi connectivity index (χ2v) is 4.56. The molecular formula is C13H19N3O2. The number of hydrogen-bond donors (Lipinski definition) is 3. The van der Waals surface area contributed by atoms with Gasteiger partial charge < -0.3 is 21.1 Å². The fourth-order valence-corrected chi connectivity index (χ4v) is 1.75. The zero-order valence-electron chi connectivity index (χ0n) is 10.5. The van der Waals surface area contributed by atoms with Crippen LogP contribution in [0.1, 0.15) is 12.8 Å². The number of methoxy groups -OCH3 is 1. The van der Waals surface area contributed by atoms with E-state index < -0.39 is 0 Å². The highest BCUT2D eigenvalue weighted by atomic mass is 16.5. The fraction of sp³-hybridized carbons (Fsp3) is 0.462. The van der Waals surface area contributed by atoms with Crippen molar-refractivity contribution >= 4 is 11.7 Å². The molecule has 2 rings (SSSR count). The van der Waals surface area contributed by atoms with E-state index in [0.717, 1.165) is 11.4 Å². The van der Waals surface area contributed by atoms with Gasteiger partial charge in [-0.05, 0) is 43.0 Å². The summed E-state index contributed by atoms with van der Waals surface area (Å²) >= 11 is 0. The van der Waals surface area contributed by atoms with Crippen LogP contribution < -0.4 is 21.1 Å². The van der Waals surface area contributed by atoms with E-state index in [1.54, 1.807) is 31.4 Å². The first-order chi connectivity index (χ1) is 8.69. The highest BCUT2D eigenvalue weighted by Gasteiger charge is 2.28. The molecule has 1 atom stereocenters. The lowest BCUT2D eigenvalue weighted by Crippen LogP contribution is -2.40. The minimum absolute atomic E-state index is 0.0756. The van der Waals surface area contributed by atoms with Gasteiger partial charge >= 0.3 is 6.03 Å². The predicted octanol–water partition coefficient (Wildman–Crippen LogP) is 1.55. The molecule has 0 radical (unpaired) electrons. The molecule has 1 unspecified atom stereocenters. The van der Waals surface area contributed by atoms with Crippen LogP contribution in [0.2, 0.25) is 0 Å². The van der Waals surface area contributed by atoms with Crippen molar-refractivity contribution in [1.29, 1.82) is 0 Å². The molecule has 0 aromatic heterocycles. The summed E-state index contributed by atoms with van der Waals surface area (Å²) in [5, 5.41) is 5.52. The van der Waals surface area contributed by atoms with Gasteiger partial charge in [0.2, 0.25) is 0 Å². The van der Waals surface area contributed by atoms with Gasteiger partial charge in [-0.25, -0.2) is 4.79 Å². The van der Waals surface area contributed by atoms with Gasteiger partial charge in [0.1, 0.15) is 5.75 Å². The second kappa shape index (κ2) is 5.73. The second-order valence-electron chi connectivity index (χ2n) is 4.56. The summed E-state index contributed by atoms with van der Waals surface area (Å²) in [6.07, 6.45) is 2.37. The van der Waals surface area contributed by atoms with Crippen molar-refractivity contribution in [3.8, 4) is 5.75 Å². The molecule has 1 aromatic carbocycles. The maximum atomic E-state index is 11.6. The van der Waals surface area contributed by atoms with Crippen LogP contribution in [0.15, 0.2) is 24.3 Å². The summed E-state index contributed by atoms with van der Waals surface area (Å²) in [5.74, 6) is 1.35. The van der Waals surface area contributed by atoms with E-state index in [1.807, 2.05) is 0 Å². The summed E-state index contributed by atoms with van der Waals surface area (Å²) in [4.78, 5) is 11.6. The molecule has 1 aromatic rings. The van der Waals surface area contributed by atoms with E-state index in [9.17, 15) is 4.79 Å². The number of carbonyl (C=O) groups excluding carboxylic acids is 1.